The zero-order valence-corrected chi connectivity index (χ0v) is 10.6. The van der Waals surface area contributed by atoms with Gasteiger partial charge in [0, 0.05) is 0 Å². The molecular weight excluding hydrogens is 216 g/mol. The summed E-state index contributed by atoms with van der Waals surface area (Å²) in [5.74, 6) is -0.881. The molecule has 1 saturated heterocycles. The molecule has 1 fully saturated rings. The Morgan fingerprint density at radius 1 is 1.18 bits per heavy atom. The fourth-order valence-corrected chi connectivity index (χ4v) is 1.97. The summed E-state index contributed by atoms with van der Waals surface area (Å²) in [4.78, 5) is 22.0. The van der Waals surface area contributed by atoms with Crippen LogP contribution in [0.25, 0.3) is 0 Å². The average Bonchev–Trinajstić information content (AvgIpc) is 2.61. The lowest BCUT2D eigenvalue weighted by molar-refractivity contribution is -0.153. The zero-order valence-electron chi connectivity index (χ0n) is 10.6. The Balaban J connectivity index is 2.00. The third-order valence-electron chi connectivity index (χ3n) is 3.03. The molecule has 0 spiro atoms. The van der Waals surface area contributed by atoms with Crippen LogP contribution in [-0.2, 0) is 14.3 Å². The highest BCUT2D eigenvalue weighted by atomic mass is 16.6. The standard InChI is InChI=1S/C14H22O3/c1-2-3-4-5-6-7-8-9-10-12-11-13(15)17-14(12)16/h6-7,12H,2-5,8-11H2,1H3/b7-6+. The van der Waals surface area contributed by atoms with Crippen LogP contribution in [0.15, 0.2) is 12.2 Å². The van der Waals surface area contributed by atoms with E-state index in [0.29, 0.717) is 0 Å². The first-order valence-corrected chi connectivity index (χ1v) is 6.63. The van der Waals surface area contributed by atoms with Crippen LogP contribution in [0.3, 0.4) is 0 Å². The Labute approximate surface area is 103 Å². The fraction of sp³-hybridized carbons (Fsp3) is 0.714. The number of allylic oxidation sites excluding steroid dienone is 2. The van der Waals surface area contributed by atoms with Gasteiger partial charge in [-0.3, -0.25) is 9.59 Å². The normalized spacial score (nSPS) is 20.2. The number of rotatable bonds is 8. The van der Waals surface area contributed by atoms with Crippen LogP contribution in [0.1, 0.15) is 58.3 Å². The summed E-state index contributed by atoms with van der Waals surface area (Å²) >= 11 is 0. The Hall–Kier alpha value is -1.12. The number of ether oxygens (including phenoxy) is 1. The molecule has 0 N–H and O–H groups in total. The topological polar surface area (TPSA) is 43.4 Å². The van der Waals surface area contributed by atoms with Gasteiger partial charge in [-0.25, -0.2) is 0 Å². The van der Waals surface area contributed by atoms with Gasteiger partial charge in [-0.2, -0.15) is 0 Å². The summed E-state index contributed by atoms with van der Waals surface area (Å²) in [6.07, 6.45) is 12.3. The summed E-state index contributed by atoms with van der Waals surface area (Å²) in [6.45, 7) is 2.20. The van der Waals surface area contributed by atoms with Gasteiger partial charge in [0.25, 0.3) is 0 Å². The van der Waals surface area contributed by atoms with E-state index in [4.69, 9.17) is 0 Å². The minimum atomic E-state index is -0.366. The molecule has 1 aliphatic heterocycles. The van der Waals surface area contributed by atoms with E-state index in [2.05, 4.69) is 23.8 Å². The van der Waals surface area contributed by atoms with Crippen molar-refractivity contribution >= 4 is 11.9 Å². The molecule has 3 heteroatoms. The predicted octanol–water partition coefficient (Wildman–Crippen LogP) is 3.38. The van der Waals surface area contributed by atoms with Crippen LogP contribution in [0, 0.1) is 5.92 Å². The summed E-state index contributed by atoms with van der Waals surface area (Å²) in [7, 11) is 0. The maximum absolute atomic E-state index is 11.2. The molecule has 0 saturated carbocycles. The first-order valence-electron chi connectivity index (χ1n) is 6.63. The van der Waals surface area contributed by atoms with E-state index in [-0.39, 0.29) is 24.3 Å². The minimum absolute atomic E-state index is 0.184. The van der Waals surface area contributed by atoms with Gasteiger partial charge in [0.15, 0.2) is 0 Å². The smallest absolute Gasteiger partial charge is 0.317 e. The van der Waals surface area contributed by atoms with Crippen LogP contribution in [0.2, 0.25) is 0 Å². The quantitative estimate of drug-likeness (QED) is 0.282. The molecule has 0 aromatic heterocycles. The lowest BCUT2D eigenvalue weighted by atomic mass is 10.0. The Morgan fingerprint density at radius 2 is 1.88 bits per heavy atom. The van der Waals surface area contributed by atoms with E-state index >= 15 is 0 Å². The van der Waals surface area contributed by atoms with E-state index in [1.807, 2.05) is 0 Å². The highest BCUT2D eigenvalue weighted by Gasteiger charge is 2.32. The monoisotopic (exact) mass is 238 g/mol. The number of cyclic esters (lactones) is 2. The van der Waals surface area contributed by atoms with E-state index in [1.165, 1.54) is 19.3 Å². The first kappa shape index (κ1) is 13.9. The molecule has 17 heavy (non-hydrogen) atoms. The van der Waals surface area contributed by atoms with Crippen LogP contribution < -0.4 is 0 Å². The molecule has 3 nitrogen and oxygen atoms in total. The molecule has 0 aliphatic carbocycles. The van der Waals surface area contributed by atoms with Gasteiger partial charge in [0.2, 0.25) is 0 Å². The van der Waals surface area contributed by atoms with Crippen molar-refractivity contribution in [2.75, 3.05) is 0 Å². The van der Waals surface area contributed by atoms with Gasteiger partial charge in [-0.1, -0.05) is 31.9 Å². The number of unbranched alkanes of at least 4 members (excludes halogenated alkanes) is 4. The van der Waals surface area contributed by atoms with Crippen molar-refractivity contribution in [1.29, 1.82) is 0 Å². The Kier molecular flexibility index (Phi) is 6.60. The van der Waals surface area contributed by atoms with E-state index in [1.54, 1.807) is 0 Å². The maximum atomic E-state index is 11.2. The lowest BCUT2D eigenvalue weighted by Crippen LogP contribution is -2.06. The molecule has 0 aromatic rings. The average molecular weight is 238 g/mol. The van der Waals surface area contributed by atoms with Crippen LogP contribution in [0.5, 0.6) is 0 Å². The van der Waals surface area contributed by atoms with Gasteiger partial charge in [-0.15, -0.1) is 0 Å². The first-order chi connectivity index (χ1) is 8.24. The van der Waals surface area contributed by atoms with Gasteiger partial charge >= 0.3 is 11.9 Å². The molecular formula is C14H22O3. The number of esters is 2. The SMILES string of the molecule is CCCCC/C=C/CCCC1CC(=O)OC1=O. The third-order valence-corrected chi connectivity index (χ3v) is 3.03. The summed E-state index contributed by atoms with van der Waals surface area (Å²) in [5, 5.41) is 0. The summed E-state index contributed by atoms with van der Waals surface area (Å²) in [5.41, 5.74) is 0. The second-order valence-electron chi connectivity index (χ2n) is 4.59. The van der Waals surface area contributed by atoms with E-state index in [0.717, 1.165) is 25.7 Å². The third kappa shape index (κ3) is 5.66. The molecule has 1 atom stereocenters. The number of carbonyl (C=O) groups is 2. The van der Waals surface area contributed by atoms with Gasteiger partial charge in [-0.05, 0) is 32.1 Å². The second kappa shape index (κ2) is 8.04. The molecule has 0 bridgehead atoms. The molecule has 1 heterocycles. The highest BCUT2D eigenvalue weighted by Crippen LogP contribution is 2.21. The van der Waals surface area contributed by atoms with Crippen LogP contribution in [-0.4, -0.2) is 11.9 Å². The van der Waals surface area contributed by atoms with Crippen molar-refractivity contribution < 1.29 is 14.3 Å². The largest absolute Gasteiger partial charge is 0.393 e. The predicted molar refractivity (Wildman–Crippen MR) is 66.3 cm³/mol. The fourth-order valence-electron chi connectivity index (χ4n) is 1.97. The maximum Gasteiger partial charge on any atom is 0.317 e. The van der Waals surface area contributed by atoms with Crippen molar-refractivity contribution in [3.8, 4) is 0 Å². The molecule has 1 aliphatic rings. The van der Waals surface area contributed by atoms with Crippen molar-refractivity contribution in [1.82, 2.24) is 0 Å². The molecule has 96 valence electrons. The summed E-state index contributed by atoms with van der Waals surface area (Å²) < 4.78 is 4.50. The van der Waals surface area contributed by atoms with Crippen molar-refractivity contribution in [2.24, 2.45) is 5.92 Å². The van der Waals surface area contributed by atoms with Gasteiger partial charge < -0.3 is 4.74 Å². The van der Waals surface area contributed by atoms with E-state index < -0.39 is 0 Å². The number of hydrogen-bond acceptors (Lipinski definition) is 3. The summed E-state index contributed by atoms with van der Waals surface area (Å²) in [6, 6.07) is 0. The highest BCUT2D eigenvalue weighted by molar-refractivity contribution is 5.94. The molecule has 0 radical (unpaired) electrons. The molecule has 0 aromatic carbocycles. The zero-order chi connectivity index (χ0) is 12.5. The molecule has 0 amide bonds. The molecule has 1 rings (SSSR count). The van der Waals surface area contributed by atoms with Crippen molar-refractivity contribution in [3.05, 3.63) is 12.2 Å². The van der Waals surface area contributed by atoms with Crippen molar-refractivity contribution in [2.45, 2.75) is 58.3 Å². The second-order valence-corrected chi connectivity index (χ2v) is 4.59. The van der Waals surface area contributed by atoms with E-state index in [9.17, 15) is 9.59 Å². The van der Waals surface area contributed by atoms with Crippen LogP contribution >= 0.6 is 0 Å². The molecule has 1 unspecified atom stereocenters. The van der Waals surface area contributed by atoms with Gasteiger partial charge in [0.1, 0.15) is 0 Å². The lowest BCUT2D eigenvalue weighted by Gasteiger charge is -2.01. The minimum Gasteiger partial charge on any atom is -0.393 e. The van der Waals surface area contributed by atoms with Gasteiger partial charge in [0.05, 0.1) is 12.3 Å². The number of hydrogen-bond donors (Lipinski definition) is 0. The van der Waals surface area contributed by atoms with Crippen LogP contribution in [0.4, 0.5) is 0 Å². The van der Waals surface area contributed by atoms with Crippen molar-refractivity contribution in [3.63, 3.8) is 0 Å². The Bertz CT molecular complexity index is 281. The number of carbonyl (C=O) groups excluding carboxylic acids is 2. The Morgan fingerprint density at radius 3 is 2.47 bits per heavy atom.